The fourth-order valence-corrected chi connectivity index (χ4v) is 1.13. The highest BCUT2D eigenvalue weighted by Crippen LogP contribution is 2.23. The summed E-state index contributed by atoms with van der Waals surface area (Å²) in [6.07, 6.45) is 0.887. The smallest absolute Gasteiger partial charge is 0.349 e. The number of carboxylic acids is 1. The molecule has 1 rings (SSSR count). The molecular formula is C10H8ClNO4. The van der Waals surface area contributed by atoms with E-state index in [4.69, 9.17) is 16.7 Å². The minimum Gasteiger partial charge on any atom is -0.478 e. The molecule has 0 spiro atoms. The molecule has 16 heavy (non-hydrogen) atoms. The predicted octanol–water partition coefficient (Wildman–Crippen LogP) is 1.91. The van der Waals surface area contributed by atoms with Crippen molar-refractivity contribution in [1.29, 1.82) is 0 Å². The average molecular weight is 242 g/mol. The maximum atomic E-state index is 10.8. The van der Waals surface area contributed by atoms with Crippen LogP contribution in [0, 0.1) is 0 Å². The van der Waals surface area contributed by atoms with Crippen molar-refractivity contribution in [2.45, 2.75) is 0 Å². The lowest BCUT2D eigenvalue weighted by molar-refractivity contribution is -0.132. The van der Waals surface area contributed by atoms with Crippen LogP contribution >= 0.6 is 11.6 Å². The molecular weight excluding hydrogens is 234 g/mol. The third kappa shape index (κ3) is 3.06. The van der Waals surface area contributed by atoms with E-state index in [9.17, 15) is 9.59 Å². The van der Waals surface area contributed by atoms with E-state index in [1.807, 2.05) is 0 Å². The predicted molar refractivity (Wildman–Crippen MR) is 58.6 cm³/mol. The van der Waals surface area contributed by atoms with Gasteiger partial charge in [0.1, 0.15) is 6.21 Å². The standard InChI is InChI=1S/C10H8ClNO4/c1-16-9(13)5-12-8-4-6(11)2-3-7(8)10(14)15/h2-5H,1H3,(H,14,15). The highest BCUT2D eigenvalue weighted by Gasteiger charge is 2.09. The van der Waals surface area contributed by atoms with E-state index in [1.165, 1.54) is 25.3 Å². The van der Waals surface area contributed by atoms with Gasteiger partial charge in [-0.1, -0.05) is 11.6 Å². The van der Waals surface area contributed by atoms with Crippen LogP contribution in [0.4, 0.5) is 5.69 Å². The lowest BCUT2D eigenvalue weighted by atomic mass is 10.2. The van der Waals surface area contributed by atoms with E-state index < -0.39 is 11.9 Å². The molecule has 1 aromatic rings. The Bertz CT molecular complexity index is 456. The maximum Gasteiger partial charge on any atom is 0.349 e. The number of nitrogens with zero attached hydrogens (tertiary/aromatic N) is 1. The van der Waals surface area contributed by atoms with Crippen molar-refractivity contribution < 1.29 is 19.4 Å². The number of carbonyl (C=O) groups excluding carboxylic acids is 1. The van der Waals surface area contributed by atoms with Crippen molar-refractivity contribution in [3.05, 3.63) is 28.8 Å². The molecule has 0 saturated carbocycles. The summed E-state index contributed by atoms with van der Waals surface area (Å²) < 4.78 is 4.33. The van der Waals surface area contributed by atoms with Gasteiger partial charge in [-0.3, -0.25) is 0 Å². The zero-order valence-corrected chi connectivity index (χ0v) is 9.06. The Hall–Kier alpha value is -1.88. The zero-order chi connectivity index (χ0) is 12.1. The highest BCUT2D eigenvalue weighted by atomic mass is 35.5. The van der Waals surface area contributed by atoms with Crippen LogP contribution < -0.4 is 0 Å². The van der Waals surface area contributed by atoms with Gasteiger partial charge in [0.25, 0.3) is 0 Å². The maximum absolute atomic E-state index is 10.8. The number of carbonyl (C=O) groups is 2. The van der Waals surface area contributed by atoms with Crippen LogP contribution in [0.5, 0.6) is 0 Å². The Morgan fingerprint density at radius 2 is 2.19 bits per heavy atom. The second-order valence-corrected chi connectivity index (χ2v) is 3.18. The number of aromatic carboxylic acids is 1. The minimum absolute atomic E-state index is 0.0375. The fraction of sp³-hybridized carbons (Fsp3) is 0.100. The first-order chi connectivity index (χ1) is 7.54. The quantitative estimate of drug-likeness (QED) is 0.648. The van der Waals surface area contributed by atoms with Gasteiger partial charge in [-0.2, -0.15) is 0 Å². The van der Waals surface area contributed by atoms with Gasteiger partial charge in [0.15, 0.2) is 0 Å². The monoisotopic (exact) mass is 241 g/mol. The van der Waals surface area contributed by atoms with Crippen LogP contribution in [0.3, 0.4) is 0 Å². The molecule has 6 heteroatoms. The lowest BCUT2D eigenvalue weighted by Crippen LogP contribution is -2.01. The lowest BCUT2D eigenvalue weighted by Gasteiger charge is -2.00. The number of rotatable bonds is 3. The second-order valence-electron chi connectivity index (χ2n) is 2.75. The van der Waals surface area contributed by atoms with E-state index in [0.29, 0.717) is 5.02 Å². The van der Waals surface area contributed by atoms with Gasteiger partial charge in [-0.15, -0.1) is 0 Å². The van der Waals surface area contributed by atoms with E-state index in [-0.39, 0.29) is 11.3 Å². The SMILES string of the molecule is COC(=O)C=Nc1cc(Cl)ccc1C(=O)O. The summed E-state index contributed by atoms with van der Waals surface area (Å²) in [5.74, 6) is -1.81. The number of halogens is 1. The summed E-state index contributed by atoms with van der Waals surface area (Å²) in [5, 5.41) is 9.18. The summed E-state index contributed by atoms with van der Waals surface area (Å²) in [6.45, 7) is 0. The molecule has 0 atom stereocenters. The molecule has 0 radical (unpaired) electrons. The molecule has 1 N–H and O–H groups in total. The summed E-state index contributed by atoms with van der Waals surface area (Å²) in [5.41, 5.74) is 0.0648. The number of hydrogen-bond acceptors (Lipinski definition) is 4. The number of ether oxygens (including phenoxy) is 1. The van der Waals surface area contributed by atoms with E-state index in [0.717, 1.165) is 6.21 Å². The number of esters is 1. The topological polar surface area (TPSA) is 76.0 Å². The second kappa shape index (κ2) is 5.27. The number of benzene rings is 1. The van der Waals surface area contributed by atoms with Crippen LogP contribution in [0.15, 0.2) is 23.2 Å². The summed E-state index contributed by atoms with van der Waals surface area (Å²) >= 11 is 5.69. The molecule has 0 unspecified atom stereocenters. The Morgan fingerprint density at radius 3 is 2.75 bits per heavy atom. The normalized spacial score (nSPS) is 10.4. The van der Waals surface area contributed by atoms with Gasteiger partial charge < -0.3 is 9.84 Å². The van der Waals surface area contributed by atoms with Crippen LogP contribution in [-0.4, -0.2) is 30.4 Å². The van der Waals surface area contributed by atoms with Gasteiger partial charge in [-0.25, -0.2) is 14.6 Å². The Labute approximate surface area is 96.3 Å². The molecule has 0 aliphatic rings. The fourth-order valence-electron chi connectivity index (χ4n) is 0.967. The number of carboxylic acid groups (broad SMARTS) is 1. The Kier molecular flexibility index (Phi) is 4.02. The molecule has 0 aliphatic heterocycles. The number of methoxy groups -OCH3 is 1. The first kappa shape index (κ1) is 12.2. The largest absolute Gasteiger partial charge is 0.478 e. The van der Waals surface area contributed by atoms with Crippen molar-refractivity contribution in [3.63, 3.8) is 0 Å². The minimum atomic E-state index is -1.14. The third-order valence-corrected chi connectivity index (χ3v) is 1.94. The number of hydrogen-bond donors (Lipinski definition) is 1. The molecule has 0 aliphatic carbocycles. The van der Waals surface area contributed by atoms with Crippen molar-refractivity contribution in [3.8, 4) is 0 Å². The first-order valence-electron chi connectivity index (χ1n) is 4.19. The zero-order valence-electron chi connectivity index (χ0n) is 8.31. The molecule has 0 amide bonds. The highest BCUT2D eigenvalue weighted by molar-refractivity contribution is 6.31. The van der Waals surface area contributed by atoms with Gasteiger partial charge in [0.05, 0.1) is 18.4 Å². The number of aliphatic imine (C=N–C) groups is 1. The Morgan fingerprint density at radius 1 is 1.50 bits per heavy atom. The third-order valence-electron chi connectivity index (χ3n) is 1.70. The first-order valence-corrected chi connectivity index (χ1v) is 4.57. The molecule has 1 aromatic carbocycles. The molecule has 0 heterocycles. The van der Waals surface area contributed by atoms with Crippen LogP contribution in [0.25, 0.3) is 0 Å². The van der Waals surface area contributed by atoms with Crippen molar-refractivity contribution in [2.24, 2.45) is 4.99 Å². The molecule has 5 nitrogen and oxygen atoms in total. The van der Waals surface area contributed by atoms with Crippen molar-refractivity contribution >= 4 is 35.4 Å². The molecule has 84 valence electrons. The van der Waals surface area contributed by atoms with E-state index in [2.05, 4.69) is 9.73 Å². The van der Waals surface area contributed by atoms with E-state index in [1.54, 1.807) is 0 Å². The van der Waals surface area contributed by atoms with Crippen molar-refractivity contribution in [1.82, 2.24) is 0 Å². The van der Waals surface area contributed by atoms with Gasteiger partial charge in [-0.05, 0) is 18.2 Å². The summed E-state index contributed by atoms with van der Waals surface area (Å²) in [6, 6.07) is 4.10. The summed E-state index contributed by atoms with van der Waals surface area (Å²) in [7, 11) is 1.20. The van der Waals surface area contributed by atoms with Crippen LogP contribution in [0.2, 0.25) is 5.02 Å². The van der Waals surface area contributed by atoms with Crippen molar-refractivity contribution in [2.75, 3.05) is 7.11 Å². The Balaban J connectivity index is 3.10. The van der Waals surface area contributed by atoms with E-state index >= 15 is 0 Å². The van der Waals surface area contributed by atoms with Gasteiger partial charge in [0, 0.05) is 5.02 Å². The molecule has 0 bridgehead atoms. The molecule has 0 fully saturated rings. The van der Waals surface area contributed by atoms with Gasteiger partial charge in [0.2, 0.25) is 0 Å². The van der Waals surface area contributed by atoms with Crippen LogP contribution in [-0.2, 0) is 9.53 Å². The van der Waals surface area contributed by atoms with Crippen LogP contribution in [0.1, 0.15) is 10.4 Å². The molecule has 0 saturated heterocycles. The summed E-state index contributed by atoms with van der Waals surface area (Å²) in [4.78, 5) is 25.3. The molecule has 0 aromatic heterocycles. The van der Waals surface area contributed by atoms with Gasteiger partial charge >= 0.3 is 11.9 Å². The average Bonchev–Trinajstić information content (AvgIpc) is 2.25.